The van der Waals surface area contributed by atoms with Crippen LogP contribution >= 0.6 is 11.6 Å². The van der Waals surface area contributed by atoms with Gasteiger partial charge in [-0.3, -0.25) is 0 Å². The maximum atomic E-state index is 5.78. The van der Waals surface area contributed by atoms with Crippen LogP contribution in [0.2, 0.25) is 0 Å². The number of rotatable bonds is 3. The van der Waals surface area contributed by atoms with Gasteiger partial charge in [-0.15, -0.1) is 11.6 Å². The number of halogens is 1. The van der Waals surface area contributed by atoms with E-state index in [0.717, 1.165) is 12.2 Å². The van der Waals surface area contributed by atoms with Crippen molar-refractivity contribution >= 4 is 11.6 Å². The van der Waals surface area contributed by atoms with Gasteiger partial charge in [-0.05, 0) is 19.4 Å². The summed E-state index contributed by atoms with van der Waals surface area (Å²) < 4.78 is 4.90. The molecule has 0 amide bonds. The lowest BCUT2D eigenvalue weighted by molar-refractivity contribution is 0.292. The average molecular weight is 149 g/mol. The van der Waals surface area contributed by atoms with Crippen LogP contribution in [-0.2, 0) is 4.74 Å². The van der Waals surface area contributed by atoms with E-state index in [2.05, 4.69) is 0 Å². The zero-order chi connectivity index (χ0) is 7.28. The highest BCUT2D eigenvalue weighted by Crippen LogP contribution is 2.06. The highest BCUT2D eigenvalue weighted by atomic mass is 35.5. The van der Waals surface area contributed by atoms with Crippen molar-refractivity contribution in [3.63, 3.8) is 0 Å². The van der Waals surface area contributed by atoms with Crippen molar-refractivity contribution in [1.82, 2.24) is 0 Å². The van der Waals surface area contributed by atoms with Crippen LogP contribution in [0.15, 0.2) is 11.8 Å². The molecular weight excluding hydrogens is 136 g/mol. The van der Waals surface area contributed by atoms with Gasteiger partial charge in [-0.1, -0.05) is 6.92 Å². The second kappa shape index (κ2) is 4.68. The maximum absolute atomic E-state index is 5.78. The molecule has 1 atom stereocenters. The molecule has 1 unspecified atom stereocenters. The first-order chi connectivity index (χ1) is 4.20. The van der Waals surface area contributed by atoms with E-state index in [4.69, 9.17) is 16.3 Å². The number of methoxy groups -OCH3 is 1. The third kappa shape index (κ3) is 4.34. The molecule has 54 valence electrons. The zero-order valence-corrected chi connectivity index (χ0v) is 6.90. The quantitative estimate of drug-likeness (QED) is 0.442. The van der Waals surface area contributed by atoms with Crippen LogP contribution in [0.1, 0.15) is 20.3 Å². The van der Waals surface area contributed by atoms with E-state index in [1.807, 2.05) is 19.9 Å². The molecule has 0 aliphatic rings. The summed E-state index contributed by atoms with van der Waals surface area (Å²) >= 11 is 5.78. The molecule has 0 rings (SSSR count). The van der Waals surface area contributed by atoms with Gasteiger partial charge in [0.05, 0.1) is 18.2 Å². The summed E-state index contributed by atoms with van der Waals surface area (Å²) in [6.45, 7) is 3.93. The van der Waals surface area contributed by atoms with Crippen molar-refractivity contribution < 1.29 is 4.74 Å². The highest BCUT2D eigenvalue weighted by Gasteiger charge is 1.95. The monoisotopic (exact) mass is 148 g/mol. The van der Waals surface area contributed by atoms with Crippen LogP contribution in [0.3, 0.4) is 0 Å². The highest BCUT2D eigenvalue weighted by molar-refractivity contribution is 6.21. The molecule has 0 radical (unpaired) electrons. The van der Waals surface area contributed by atoms with Gasteiger partial charge in [-0.25, -0.2) is 0 Å². The van der Waals surface area contributed by atoms with Crippen LogP contribution in [-0.4, -0.2) is 12.5 Å². The first kappa shape index (κ1) is 8.83. The summed E-state index contributed by atoms with van der Waals surface area (Å²) in [5.41, 5.74) is 0. The lowest BCUT2D eigenvalue weighted by Gasteiger charge is -2.01. The molecule has 0 bridgehead atoms. The number of hydrogen-bond donors (Lipinski definition) is 0. The van der Waals surface area contributed by atoms with Crippen LogP contribution in [0.5, 0.6) is 0 Å². The van der Waals surface area contributed by atoms with E-state index in [9.17, 15) is 0 Å². The second-order valence-corrected chi connectivity index (χ2v) is 2.47. The van der Waals surface area contributed by atoms with Crippen LogP contribution in [0.25, 0.3) is 0 Å². The van der Waals surface area contributed by atoms with Crippen molar-refractivity contribution in [2.75, 3.05) is 7.11 Å². The SMILES string of the molecule is CCC(Cl)C=C(C)OC. The molecule has 0 aromatic carbocycles. The smallest absolute Gasteiger partial charge is 0.0899 e. The Balaban J connectivity index is 3.64. The number of ether oxygens (including phenoxy) is 1. The molecule has 0 aliphatic heterocycles. The topological polar surface area (TPSA) is 9.23 Å². The third-order valence-corrected chi connectivity index (χ3v) is 1.56. The standard InChI is InChI=1S/C7H13ClO/c1-4-7(8)5-6(2)9-3/h5,7H,4H2,1-3H3. The fraction of sp³-hybridized carbons (Fsp3) is 0.714. The molecule has 0 N–H and O–H groups in total. The minimum atomic E-state index is 0.116. The summed E-state index contributed by atoms with van der Waals surface area (Å²) in [7, 11) is 1.64. The fourth-order valence-electron chi connectivity index (χ4n) is 0.441. The molecule has 0 saturated heterocycles. The lowest BCUT2D eigenvalue weighted by Crippen LogP contribution is -1.92. The Kier molecular flexibility index (Phi) is 4.60. The third-order valence-electron chi connectivity index (χ3n) is 1.13. The van der Waals surface area contributed by atoms with E-state index in [1.165, 1.54) is 0 Å². The molecule has 0 spiro atoms. The normalized spacial score (nSPS) is 15.3. The van der Waals surface area contributed by atoms with Crippen molar-refractivity contribution in [2.45, 2.75) is 25.6 Å². The van der Waals surface area contributed by atoms with E-state index >= 15 is 0 Å². The van der Waals surface area contributed by atoms with Crippen molar-refractivity contribution in [3.05, 3.63) is 11.8 Å². The summed E-state index contributed by atoms with van der Waals surface area (Å²) in [6, 6.07) is 0. The number of hydrogen-bond acceptors (Lipinski definition) is 1. The summed E-state index contributed by atoms with van der Waals surface area (Å²) in [4.78, 5) is 0. The predicted octanol–water partition coefficient (Wildman–Crippen LogP) is 2.55. The van der Waals surface area contributed by atoms with E-state index in [-0.39, 0.29) is 5.38 Å². The Bertz CT molecular complexity index is 99.1. The van der Waals surface area contributed by atoms with Gasteiger partial charge in [0.2, 0.25) is 0 Å². The summed E-state index contributed by atoms with van der Waals surface area (Å²) in [5, 5.41) is 0.116. The molecule has 2 heteroatoms. The Morgan fingerprint density at radius 1 is 1.78 bits per heavy atom. The molecule has 0 heterocycles. The van der Waals surface area contributed by atoms with Gasteiger partial charge in [0.15, 0.2) is 0 Å². The number of allylic oxidation sites excluding steroid dienone is 2. The largest absolute Gasteiger partial charge is 0.502 e. The van der Waals surface area contributed by atoms with Crippen molar-refractivity contribution in [1.29, 1.82) is 0 Å². The average Bonchev–Trinajstić information content (AvgIpc) is 1.87. The first-order valence-corrected chi connectivity index (χ1v) is 3.50. The molecular formula is C7H13ClO. The van der Waals surface area contributed by atoms with E-state index in [1.54, 1.807) is 7.11 Å². The molecule has 0 saturated carbocycles. The molecule has 0 aliphatic carbocycles. The summed E-state index contributed by atoms with van der Waals surface area (Å²) in [6.07, 6.45) is 2.85. The van der Waals surface area contributed by atoms with Crippen molar-refractivity contribution in [2.24, 2.45) is 0 Å². The summed E-state index contributed by atoms with van der Waals surface area (Å²) in [5.74, 6) is 0.886. The van der Waals surface area contributed by atoms with E-state index in [0.29, 0.717) is 0 Å². The molecule has 1 nitrogen and oxygen atoms in total. The van der Waals surface area contributed by atoms with Gasteiger partial charge in [0.25, 0.3) is 0 Å². The Hall–Kier alpha value is -0.170. The van der Waals surface area contributed by atoms with Gasteiger partial charge < -0.3 is 4.74 Å². The second-order valence-electron chi connectivity index (χ2n) is 1.91. The van der Waals surface area contributed by atoms with Gasteiger partial charge in [-0.2, -0.15) is 0 Å². The minimum Gasteiger partial charge on any atom is -0.502 e. The van der Waals surface area contributed by atoms with Gasteiger partial charge in [0.1, 0.15) is 0 Å². The Labute approximate surface area is 61.7 Å². The van der Waals surface area contributed by atoms with E-state index < -0.39 is 0 Å². The molecule has 0 aromatic rings. The number of alkyl halides is 1. The van der Waals surface area contributed by atoms with Gasteiger partial charge in [0, 0.05) is 0 Å². The van der Waals surface area contributed by atoms with Crippen molar-refractivity contribution in [3.8, 4) is 0 Å². The molecule has 0 fully saturated rings. The lowest BCUT2D eigenvalue weighted by atomic mass is 10.3. The maximum Gasteiger partial charge on any atom is 0.0899 e. The van der Waals surface area contributed by atoms with Crippen LogP contribution in [0.4, 0.5) is 0 Å². The molecule has 0 aromatic heterocycles. The van der Waals surface area contributed by atoms with Crippen LogP contribution in [0, 0.1) is 0 Å². The van der Waals surface area contributed by atoms with Crippen LogP contribution < -0.4 is 0 Å². The zero-order valence-electron chi connectivity index (χ0n) is 6.15. The molecule has 9 heavy (non-hydrogen) atoms. The predicted molar refractivity (Wildman–Crippen MR) is 40.7 cm³/mol. The fourth-order valence-corrected chi connectivity index (χ4v) is 0.618. The Morgan fingerprint density at radius 3 is 2.67 bits per heavy atom. The minimum absolute atomic E-state index is 0.116. The first-order valence-electron chi connectivity index (χ1n) is 3.07. The Morgan fingerprint density at radius 2 is 2.33 bits per heavy atom. The van der Waals surface area contributed by atoms with Gasteiger partial charge >= 0.3 is 0 Å².